The van der Waals surface area contributed by atoms with Crippen molar-refractivity contribution in [1.82, 2.24) is 15.1 Å². The van der Waals surface area contributed by atoms with Crippen LogP contribution < -0.4 is 10.1 Å². The zero-order valence-electron chi connectivity index (χ0n) is 17.2. The fourth-order valence-corrected chi connectivity index (χ4v) is 3.16. The minimum absolute atomic E-state index is 0.0385. The van der Waals surface area contributed by atoms with Gasteiger partial charge in [-0.3, -0.25) is 14.5 Å². The Balaban J connectivity index is 1.85. The second-order valence-corrected chi connectivity index (χ2v) is 8.52. The molecular weight excluding hydrogens is 342 g/mol. The third kappa shape index (κ3) is 6.86. The first-order valence-electron chi connectivity index (χ1n) is 9.61. The molecule has 0 bridgehead atoms. The van der Waals surface area contributed by atoms with Gasteiger partial charge in [0, 0.05) is 26.7 Å². The predicted molar refractivity (Wildman–Crippen MR) is 107 cm³/mol. The van der Waals surface area contributed by atoms with Crippen molar-refractivity contribution in [2.45, 2.75) is 40.2 Å². The first-order chi connectivity index (χ1) is 12.7. The van der Waals surface area contributed by atoms with Crippen LogP contribution in [0.5, 0.6) is 5.75 Å². The lowest BCUT2D eigenvalue weighted by molar-refractivity contribution is -0.138. The number of carbonyl (C=O) groups is 2. The van der Waals surface area contributed by atoms with Gasteiger partial charge in [0.25, 0.3) is 0 Å². The Hall–Kier alpha value is -2.08. The van der Waals surface area contributed by atoms with Gasteiger partial charge in [-0.25, -0.2) is 0 Å². The molecule has 0 unspecified atom stereocenters. The summed E-state index contributed by atoms with van der Waals surface area (Å²) in [6.45, 7) is 11.6. The van der Waals surface area contributed by atoms with Crippen LogP contribution in [0.3, 0.4) is 0 Å². The van der Waals surface area contributed by atoms with E-state index in [2.05, 4.69) is 31.0 Å². The molecule has 0 saturated carbocycles. The predicted octanol–water partition coefficient (Wildman–Crippen LogP) is 2.07. The van der Waals surface area contributed by atoms with E-state index in [0.717, 1.165) is 18.8 Å². The van der Waals surface area contributed by atoms with Gasteiger partial charge in [0.15, 0.2) is 0 Å². The minimum atomic E-state index is -0.397. The van der Waals surface area contributed by atoms with Crippen LogP contribution >= 0.6 is 0 Å². The average molecular weight is 376 g/mol. The topological polar surface area (TPSA) is 61.9 Å². The molecule has 1 N–H and O–H groups in total. The number of hydrogen-bond donors (Lipinski definition) is 1. The first kappa shape index (κ1) is 21.2. The van der Waals surface area contributed by atoms with E-state index in [1.54, 1.807) is 11.9 Å². The molecule has 0 aromatic heterocycles. The Kier molecular flexibility index (Phi) is 7.25. The summed E-state index contributed by atoms with van der Waals surface area (Å²) in [5.74, 6) is 0.705. The van der Waals surface area contributed by atoms with E-state index in [1.807, 2.05) is 31.2 Å². The van der Waals surface area contributed by atoms with Gasteiger partial charge < -0.3 is 15.0 Å². The number of rotatable bonds is 7. The molecule has 1 heterocycles. The summed E-state index contributed by atoms with van der Waals surface area (Å²) >= 11 is 0. The number of amides is 2. The van der Waals surface area contributed by atoms with Crippen LogP contribution in [-0.4, -0.2) is 67.5 Å². The molecule has 1 aliphatic rings. The van der Waals surface area contributed by atoms with Crippen molar-refractivity contribution < 1.29 is 14.3 Å². The van der Waals surface area contributed by atoms with Crippen LogP contribution in [0.15, 0.2) is 24.3 Å². The van der Waals surface area contributed by atoms with Crippen molar-refractivity contribution >= 4 is 11.8 Å². The number of benzene rings is 1. The highest BCUT2D eigenvalue weighted by atomic mass is 16.5. The Morgan fingerprint density at radius 2 is 1.96 bits per heavy atom. The summed E-state index contributed by atoms with van der Waals surface area (Å²) in [4.78, 5) is 28.7. The molecule has 1 aromatic rings. The number of piperazine rings is 1. The highest BCUT2D eigenvalue weighted by Gasteiger charge is 2.34. The fraction of sp³-hybridized carbons (Fsp3) is 0.619. The highest BCUT2D eigenvalue weighted by Crippen LogP contribution is 2.20. The van der Waals surface area contributed by atoms with Gasteiger partial charge in [-0.2, -0.15) is 0 Å². The van der Waals surface area contributed by atoms with Crippen molar-refractivity contribution in [2.75, 3.05) is 39.8 Å². The highest BCUT2D eigenvalue weighted by molar-refractivity contribution is 5.88. The Labute approximate surface area is 162 Å². The number of hydrogen-bond acceptors (Lipinski definition) is 4. The number of nitrogens with one attached hydrogen (secondary N) is 1. The normalized spacial score (nSPS) is 18.1. The van der Waals surface area contributed by atoms with E-state index in [0.29, 0.717) is 19.7 Å². The van der Waals surface area contributed by atoms with E-state index < -0.39 is 6.04 Å². The van der Waals surface area contributed by atoms with Gasteiger partial charge in [0.05, 0.1) is 19.0 Å². The molecule has 1 aliphatic heterocycles. The Bertz CT molecular complexity index is 637. The summed E-state index contributed by atoms with van der Waals surface area (Å²) < 4.78 is 5.70. The molecule has 2 rings (SSSR count). The molecule has 1 saturated heterocycles. The van der Waals surface area contributed by atoms with Crippen LogP contribution in [0.4, 0.5) is 0 Å². The summed E-state index contributed by atoms with van der Waals surface area (Å²) in [7, 11) is 1.76. The SMILES string of the molecule is Cc1ccc(OCCN(C)C(=O)C[C@@H]2C(=O)NCCN2CC(C)(C)C)cc1. The molecule has 1 fully saturated rings. The molecule has 6 heteroatoms. The zero-order valence-corrected chi connectivity index (χ0v) is 17.2. The van der Waals surface area contributed by atoms with Crippen LogP contribution in [0.2, 0.25) is 0 Å². The molecule has 1 atom stereocenters. The van der Waals surface area contributed by atoms with Crippen LogP contribution in [0.1, 0.15) is 32.8 Å². The zero-order chi connectivity index (χ0) is 20.0. The lowest BCUT2D eigenvalue weighted by atomic mass is 9.94. The van der Waals surface area contributed by atoms with Gasteiger partial charge in [-0.05, 0) is 24.5 Å². The largest absolute Gasteiger partial charge is 0.492 e. The average Bonchev–Trinajstić information content (AvgIpc) is 2.58. The fourth-order valence-electron chi connectivity index (χ4n) is 3.16. The molecule has 150 valence electrons. The smallest absolute Gasteiger partial charge is 0.237 e. The van der Waals surface area contributed by atoms with Crippen LogP contribution in [-0.2, 0) is 9.59 Å². The van der Waals surface area contributed by atoms with Gasteiger partial charge in [0.2, 0.25) is 11.8 Å². The van der Waals surface area contributed by atoms with Crippen LogP contribution in [0, 0.1) is 12.3 Å². The van der Waals surface area contributed by atoms with Gasteiger partial charge >= 0.3 is 0 Å². The van der Waals surface area contributed by atoms with Crippen molar-refractivity contribution in [2.24, 2.45) is 5.41 Å². The van der Waals surface area contributed by atoms with Crippen molar-refractivity contribution in [3.8, 4) is 5.75 Å². The number of ether oxygens (including phenoxy) is 1. The molecule has 1 aromatic carbocycles. The molecule has 6 nitrogen and oxygen atoms in total. The van der Waals surface area contributed by atoms with Crippen molar-refractivity contribution in [1.29, 1.82) is 0 Å². The summed E-state index contributed by atoms with van der Waals surface area (Å²) in [6, 6.07) is 7.44. The monoisotopic (exact) mass is 375 g/mol. The minimum Gasteiger partial charge on any atom is -0.492 e. The maximum atomic E-state index is 12.6. The molecule has 0 radical (unpaired) electrons. The van der Waals surface area contributed by atoms with E-state index in [1.165, 1.54) is 5.56 Å². The third-order valence-corrected chi connectivity index (χ3v) is 4.63. The lowest BCUT2D eigenvalue weighted by Crippen LogP contribution is -2.58. The van der Waals surface area contributed by atoms with E-state index in [4.69, 9.17) is 4.74 Å². The van der Waals surface area contributed by atoms with Crippen molar-refractivity contribution in [3.05, 3.63) is 29.8 Å². The Morgan fingerprint density at radius 1 is 1.30 bits per heavy atom. The summed E-state index contributed by atoms with van der Waals surface area (Å²) in [5.41, 5.74) is 1.26. The van der Waals surface area contributed by atoms with E-state index in [-0.39, 0.29) is 23.7 Å². The second-order valence-electron chi connectivity index (χ2n) is 8.52. The second kappa shape index (κ2) is 9.22. The number of aryl methyl sites for hydroxylation is 1. The summed E-state index contributed by atoms with van der Waals surface area (Å²) in [5, 5.41) is 2.89. The summed E-state index contributed by atoms with van der Waals surface area (Å²) in [6.07, 6.45) is 0.197. The number of carbonyl (C=O) groups excluding carboxylic acids is 2. The molecule has 0 aliphatic carbocycles. The molecular formula is C21H33N3O3. The van der Waals surface area contributed by atoms with E-state index in [9.17, 15) is 9.59 Å². The molecule has 2 amide bonds. The molecule has 0 spiro atoms. The number of nitrogens with zero attached hydrogens (tertiary/aromatic N) is 2. The molecule has 27 heavy (non-hydrogen) atoms. The standard InChI is InChI=1S/C21H33N3O3/c1-16-6-8-17(9-7-16)27-13-12-23(5)19(25)14-18-20(26)22-10-11-24(18)15-21(2,3)4/h6-9,18H,10-15H2,1-5H3,(H,22,26)/t18-/m1/s1. The first-order valence-corrected chi connectivity index (χ1v) is 9.61. The lowest BCUT2D eigenvalue weighted by Gasteiger charge is -2.38. The third-order valence-electron chi connectivity index (χ3n) is 4.63. The Morgan fingerprint density at radius 3 is 2.59 bits per heavy atom. The van der Waals surface area contributed by atoms with Gasteiger partial charge in [-0.1, -0.05) is 38.5 Å². The van der Waals surface area contributed by atoms with Crippen molar-refractivity contribution in [3.63, 3.8) is 0 Å². The van der Waals surface area contributed by atoms with Crippen LogP contribution in [0.25, 0.3) is 0 Å². The van der Waals surface area contributed by atoms with Gasteiger partial charge in [0.1, 0.15) is 12.4 Å². The maximum Gasteiger partial charge on any atom is 0.237 e. The quantitative estimate of drug-likeness (QED) is 0.793. The van der Waals surface area contributed by atoms with E-state index >= 15 is 0 Å². The number of likely N-dealkylation sites (N-methyl/N-ethyl adjacent to an activating group) is 1. The van der Waals surface area contributed by atoms with Gasteiger partial charge in [-0.15, -0.1) is 0 Å². The maximum absolute atomic E-state index is 12.6.